The van der Waals surface area contributed by atoms with Crippen molar-refractivity contribution in [1.29, 1.82) is 0 Å². The first-order chi connectivity index (χ1) is 9.61. The average molecular weight is 304 g/mol. The molecule has 1 rings (SSSR count). The van der Waals surface area contributed by atoms with Crippen LogP contribution >= 0.6 is 0 Å². The maximum Gasteiger partial charge on any atom is 0.471 e. The first-order valence-electron chi connectivity index (χ1n) is 6.25. The summed E-state index contributed by atoms with van der Waals surface area (Å²) in [6, 6.07) is 4.47. The zero-order chi connectivity index (χ0) is 16.2. The number of anilines is 3. The summed E-state index contributed by atoms with van der Waals surface area (Å²) in [6.07, 6.45) is -4.94. The number of likely N-dealkylation sites (N-methyl/N-ethyl adjacent to an activating group) is 2. The van der Waals surface area contributed by atoms with E-state index >= 15 is 0 Å². The molecule has 0 unspecified atom stereocenters. The molecule has 0 atom stereocenters. The average Bonchev–Trinajstić information content (AvgIpc) is 2.35. The maximum absolute atomic E-state index is 12.4. The van der Waals surface area contributed by atoms with Gasteiger partial charge in [0.15, 0.2) is 0 Å². The van der Waals surface area contributed by atoms with Crippen LogP contribution in [0.25, 0.3) is 0 Å². The Balaban J connectivity index is 2.97. The van der Waals surface area contributed by atoms with Crippen LogP contribution in [0.3, 0.4) is 0 Å². The van der Waals surface area contributed by atoms with E-state index in [-0.39, 0.29) is 11.4 Å². The predicted molar refractivity (Wildman–Crippen MR) is 77.4 cm³/mol. The van der Waals surface area contributed by atoms with Crippen LogP contribution in [-0.4, -0.2) is 51.2 Å². The molecule has 1 amide bonds. The molecule has 5 nitrogen and oxygen atoms in total. The van der Waals surface area contributed by atoms with Crippen LogP contribution in [-0.2, 0) is 4.79 Å². The van der Waals surface area contributed by atoms with Gasteiger partial charge in [0.25, 0.3) is 0 Å². The lowest BCUT2D eigenvalue weighted by Crippen LogP contribution is -2.32. The summed E-state index contributed by atoms with van der Waals surface area (Å²) in [7, 11) is 5.52. The fourth-order valence-corrected chi connectivity index (χ4v) is 1.65. The minimum absolute atomic E-state index is 0.0404. The third-order valence-corrected chi connectivity index (χ3v) is 2.82. The lowest BCUT2D eigenvalue weighted by atomic mass is 10.2. The highest BCUT2D eigenvalue weighted by Gasteiger charge is 2.39. The molecule has 0 spiro atoms. The molecule has 8 heteroatoms. The van der Waals surface area contributed by atoms with Crippen molar-refractivity contribution in [3.8, 4) is 0 Å². The van der Waals surface area contributed by atoms with E-state index < -0.39 is 12.1 Å². The highest BCUT2D eigenvalue weighted by Crippen LogP contribution is 2.29. The van der Waals surface area contributed by atoms with E-state index in [1.165, 1.54) is 6.07 Å². The van der Waals surface area contributed by atoms with Gasteiger partial charge < -0.3 is 20.9 Å². The molecule has 21 heavy (non-hydrogen) atoms. The summed E-state index contributed by atoms with van der Waals surface area (Å²) in [6.45, 7) is 1.30. The summed E-state index contributed by atoms with van der Waals surface area (Å²) in [5.41, 5.74) is 6.37. The number of rotatable bonds is 5. The Morgan fingerprint density at radius 1 is 1.24 bits per heavy atom. The number of carbonyl (C=O) groups excluding carboxylic acids is 1. The van der Waals surface area contributed by atoms with Gasteiger partial charge in [-0.3, -0.25) is 4.79 Å². The molecule has 0 heterocycles. The van der Waals surface area contributed by atoms with Crippen molar-refractivity contribution >= 4 is 23.0 Å². The highest BCUT2D eigenvalue weighted by molar-refractivity contribution is 5.98. The Bertz CT molecular complexity index is 503. The van der Waals surface area contributed by atoms with Crippen molar-refractivity contribution in [1.82, 2.24) is 4.90 Å². The van der Waals surface area contributed by atoms with Crippen molar-refractivity contribution in [3.63, 3.8) is 0 Å². The van der Waals surface area contributed by atoms with E-state index in [2.05, 4.69) is 0 Å². The van der Waals surface area contributed by atoms with Crippen LogP contribution in [0.5, 0.6) is 0 Å². The number of nitrogens with one attached hydrogen (secondary N) is 1. The lowest BCUT2D eigenvalue weighted by Gasteiger charge is -2.24. The molecule has 3 N–H and O–H groups in total. The molecule has 0 aromatic heterocycles. The fraction of sp³-hybridized carbons (Fsp3) is 0.462. The zero-order valence-corrected chi connectivity index (χ0v) is 12.2. The Morgan fingerprint density at radius 3 is 2.38 bits per heavy atom. The number of halogens is 3. The topological polar surface area (TPSA) is 61.6 Å². The monoisotopic (exact) mass is 304 g/mol. The minimum atomic E-state index is -4.94. The second kappa shape index (κ2) is 6.66. The molecule has 0 aliphatic carbocycles. The van der Waals surface area contributed by atoms with Gasteiger partial charge in [-0.15, -0.1) is 0 Å². The van der Waals surface area contributed by atoms with E-state index in [9.17, 15) is 18.0 Å². The van der Waals surface area contributed by atoms with Crippen molar-refractivity contribution in [3.05, 3.63) is 18.2 Å². The van der Waals surface area contributed by atoms with Gasteiger partial charge in [0.2, 0.25) is 0 Å². The largest absolute Gasteiger partial charge is 0.471 e. The molecule has 0 fully saturated rings. The quantitative estimate of drug-likeness (QED) is 0.814. The molecular weight excluding hydrogens is 285 g/mol. The number of nitrogens with two attached hydrogens (primary N) is 1. The predicted octanol–water partition coefficient (Wildman–Crippen LogP) is 1.77. The number of carbonyl (C=O) groups is 1. The molecule has 0 radical (unpaired) electrons. The Labute approximate surface area is 121 Å². The SMILES string of the molecule is CN(C)CCN(C)c1ccc(N)cc1NC(=O)C(F)(F)F. The summed E-state index contributed by atoms with van der Waals surface area (Å²) < 4.78 is 37.1. The van der Waals surface area contributed by atoms with E-state index in [0.717, 1.165) is 0 Å². The maximum atomic E-state index is 12.4. The van der Waals surface area contributed by atoms with E-state index in [0.29, 0.717) is 18.8 Å². The smallest absolute Gasteiger partial charge is 0.399 e. The number of amides is 1. The highest BCUT2D eigenvalue weighted by atomic mass is 19.4. The summed E-state index contributed by atoms with van der Waals surface area (Å²) >= 11 is 0. The number of hydrogen-bond donors (Lipinski definition) is 2. The van der Waals surface area contributed by atoms with Crippen LogP contribution in [0.2, 0.25) is 0 Å². The first-order valence-corrected chi connectivity index (χ1v) is 6.25. The zero-order valence-electron chi connectivity index (χ0n) is 12.2. The molecule has 0 saturated carbocycles. The van der Waals surface area contributed by atoms with Crippen molar-refractivity contribution in [2.24, 2.45) is 0 Å². The van der Waals surface area contributed by atoms with Crippen molar-refractivity contribution in [2.45, 2.75) is 6.18 Å². The van der Waals surface area contributed by atoms with Gasteiger partial charge in [-0.1, -0.05) is 0 Å². The second-order valence-corrected chi connectivity index (χ2v) is 4.95. The van der Waals surface area contributed by atoms with Gasteiger partial charge >= 0.3 is 12.1 Å². The van der Waals surface area contributed by atoms with Crippen LogP contribution in [0.15, 0.2) is 18.2 Å². The van der Waals surface area contributed by atoms with Crippen LogP contribution in [0.1, 0.15) is 0 Å². The van der Waals surface area contributed by atoms with E-state index in [1.54, 1.807) is 24.1 Å². The molecule has 0 saturated heterocycles. The van der Waals surface area contributed by atoms with Crippen molar-refractivity contribution < 1.29 is 18.0 Å². The fourth-order valence-electron chi connectivity index (χ4n) is 1.65. The van der Waals surface area contributed by atoms with E-state index in [1.807, 2.05) is 24.3 Å². The molecule has 1 aromatic carbocycles. The Hall–Kier alpha value is -1.96. The summed E-state index contributed by atoms with van der Waals surface area (Å²) in [5, 5.41) is 1.86. The van der Waals surface area contributed by atoms with Gasteiger partial charge in [0, 0.05) is 25.8 Å². The van der Waals surface area contributed by atoms with Crippen molar-refractivity contribution in [2.75, 3.05) is 50.2 Å². The standard InChI is InChI=1S/C13H19F3N4O/c1-19(2)6-7-20(3)11-5-4-9(17)8-10(11)18-12(21)13(14,15)16/h4-5,8H,6-7,17H2,1-3H3,(H,18,21). The van der Waals surface area contributed by atoms with Gasteiger partial charge in [-0.05, 0) is 32.3 Å². The minimum Gasteiger partial charge on any atom is -0.399 e. The number of alkyl halides is 3. The Kier molecular flexibility index (Phi) is 5.42. The Morgan fingerprint density at radius 2 is 1.86 bits per heavy atom. The first kappa shape index (κ1) is 17.1. The van der Waals surface area contributed by atoms with Crippen LogP contribution < -0.4 is 16.0 Å². The number of hydrogen-bond acceptors (Lipinski definition) is 4. The van der Waals surface area contributed by atoms with Gasteiger partial charge in [-0.25, -0.2) is 0 Å². The molecular formula is C13H19F3N4O. The third kappa shape index (κ3) is 5.14. The number of nitrogen functional groups attached to an aromatic ring is 1. The van der Waals surface area contributed by atoms with E-state index in [4.69, 9.17) is 5.73 Å². The third-order valence-electron chi connectivity index (χ3n) is 2.82. The van der Waals surface area contributed by atoms with Crippen LogP contribution in [0.4, 0.5) is 30.2 Å². The normalized spacial score (nSPS) is 11.6. The van der Waals surface area contributed by atoms with Gasteiger partial charge in [0.1, 0.15) is 0 Å². The molecule has 0 bridgehead atoms. The molecule has 0 aliphatic heterocycles. The van der Waals surface area contributed by atoms with Gasteiger partial charge in [-0.2, -0.15) is 13.2 Å². The number of benzene rings is 1. The lowest BCUT2D eigenvalue weighted by molar-refractivity contribution is -0.167. The molecule has 0 aliphatic rings. The number of nitrogens with zero attached hydrogens (tertiary/aromatic N) is 2. The molecule has 1 aromatic rings. The second-order valence-electron chi connectivity index (χ2n) is 4.95. The van der Waals surface area contributed by atoms with Crippen LogP contribution in [0, 0.1) is 0 Å². The summed E-state index contributed by atoms with van der Waals surface area (Å²) in [4.78, 5) is 14.8. The molecule has 118 valence electrons. The summed E-state index contributed by atoms with van der Waals surface area (Å²) in [5.74, 6) is -2.02. The van der Waals surface area contributed by atoms with Gasteiger partial charge in [0.05, 0.1) is 11.4 Å².